The summed E-state index contributed by atoms with van der Waals surface area (Å²) in [5.74, 6) is -0.338. The van der Waals surface area contributed by atoms with Gasteiger partial charge in [0.1, 0.15) is 5.25 Å². The van der Waals surface area contributed by atoms with E-state index in [0.29, 0.717) is 11.3 Å². The van der Waals surface area contributed by atoms with Crippen molar-refractivity contribution in [2.24, 2.45) is 0 Å². The predicted molar refractivity (Wildman–Crippen MR) is 123 cm³/mol. The van der Waals surface area contributed by atoms with Crippen LogP contribution < -0.4 is 5.32 Å². The van der Waals surface area contributed by atoms with E-state index in [1.54, 1.807) is 24.3 Å². The number of carbonyl (C=O) groups is 1. The highest BCUT2D eigenvalue weighted by Gasteiger charge is 2.33. The molecular weight excluding hydrogens is 473 g/mol. The van der Waals surface area contributed by atoms with Crippen LogP contribution in [0.2, 0.25) is 5.02 Å². The number of aryl methyl sites for hydroxylation is 2. The maximum absolute atomic E-state index is 13.3. The Morgan fingerprint density at radius 3 is 2.52 bits per heavy atom. The molecule has 0 fully saturated rings. The van der Waals surface area contributed by atoms with Gasteiger partial charge in [-0.25, -0.2) is 0 Å². The van der Waals surface area contributed by atoms with E-state index in [1.165, 1.54) is 0 Å². The first-order chi connectivity index (χ1) is 15.6. The van der Waals surface area contributed by atoms with Gasteiger partial charge in [-0.2, -0.15) is 13.2 Å². The Labute approximate surface area is 197 Å². The first-order valence-electron chi connectivity index (χ1n) is 9.84. The van der Waals surface area contributed by atoms with Gasteiger partial charge in [-0.3, -0.25) is 9.20 Å². The summed E-state index contributed by atoms with van der Waals surface area (Å²) in [5.41, 5.74) is 2.35. The van der Waals surface area contributed by atoms with Crippen LogP contribution in [-0.4, -0.2) is 20.5 Å². The second-order valence-corrected chi connectivity index (χ2v) is 8.95. The number of benzene rings is 2. The van der Waals surface area contributed by atoms with Crippen molar-refractivity contribution in [2.75, 3.05) is 5.32 Å². The zero-order valence-corrected chi connectivity index (χ0v) is 19.1. The Morgan fingerprint density at radius 1 is 1.09 bits per heavy atom. The highest BCUT2D eigenvalue weighted by atomic mass is 35.5. The number of nitrogens with one attached hydrogen (secondary N) is 1. The van der Waals surface area contributed by atoms with Crippen LogP contribution in [0.4, 0.5) is 18.9 Å². The number of carbonyl (C=O) groups excluding carboxylic acids is 1. The number of fused-ring (bicyclic) bond motifs is 1. The summed E-state index contributed by atoms with van der Waals surface area (Å²) in [5, 5.41) is 10.00. The molecule has 1 amide bonds. The van der Waals surface area contributed by atoms with Gasteiger partial charge in [-0.05, 0) is 42.7 Å². The Kier molecular flexibility index (Phi) is 6.36. The lowest BCUT2D eigenvalue weighted by Gasteiger charge is -2.17. The molecule has 2 aromatic heterocycles. The van der Waals surface area contributed by atoms with Gasteiger partial charge in [0.05, 0.1) is 10.6 Å². The molecule has 170 valence electrons. The minimum absolute atomic E-state index is 0.0777. The molecule has 0 saturated heterocycles. The average Bonchev–Trinajstić information content (AvgIpc) is 3.18. The third-order valence-corrected chi connectivity index (χ3v) is 6.46. The number of thioether (sulfide) groups is 1. The molecule has 4 aromatic rings. The lowest BCUT2D eigenvalue weighted by molar-refractivity contribution is -0.137. The van der Waals surface area contributed by atoms with E-state index in [0.717, 1.165) is 39.6 Å². The SMILES string of the molecule is Cc1ccc(C)c(NC(=O)C(Sc2nnc3c(Cl)cc(C(F)(F)F)cn23)c2ccccc2)c1. The van der Waals surface area contributed by atoms with Gasteiger partial charge in [0.15, 0.2) is 10.8 Å². The lowest BCUT2D eigenvalue weighted by atomic mass is 10.1. The van der Waals surface area contributed by atoms with Crippen LogP contribution in [0.25, 0.3) is 5.65 Å². The molecule has 0 saturated carbocycles. The summed E-state index contributed by atoms with van der Waals surface area (Å²) in [4.78, 5) is 13.3. The van der Waals surface area contributed by atoms with E-state index in [2.05, 4.69) is 15.5 Å². The summed E-state index contributed by atoms with van der Waals surface area (Å²) < 4.78 is 41.1. The van der Waals surface area contributed by atoms with Gasteiger partial charge in [0.25, 0.3) is 0 Å². The van der Waals surface area contributed by atoms with Crippen LogP contribution in [0.1, 0.15) is 27.5 Å². The van der Waals surface area contributed by atoms with E-state index in [9.17, 15) is 18.0 Å². The van der Waals surface area contributed by atoms with Crippen molar-refractivity contribution >= 4 is 40.6 Å². The summed E-state index contributed by atoms with van der Waals surface area (Å²) in [6.45, 7) is 3.80. The number of pyridine rings is 1. The van der Waals surface area contributed by atoms with E-state index in [4.69, 9.17) is 11.6 Å². The number of amides is 1. The third-order valence-electron chi connectivity index (χ3n) is 4.97. The second kappa shape index (κ2) is 9.07. The molecule has 5 nitrogen and oxygen atoms in total. The van der Waals surface area contributed by atoms with Crippen molar-refractivity contribution in [1.82, 2.24) is 14.6 Å². The van der Waals surface area contributed by atoms with Crippen LogP contribution >= 0.6 is 23.4 Å². The molecule has 2 heterocycles. The molecule has 33 heavy (non-hydrogen) atoms. The Morgan fingerprint density at radius 2 is 1.82 bits per heavy atom. The van der Waals surface area contributed by atoms with Gasteiger partial charge < -0.3 is 5.32 Å². The van der Waals surface area contributed by atoms with Crippen LogP contribution in [0.15, 0.2) is 66.0 Å². The number of rotatable bonds is 5. The van der Waals surface area contributed by atoms with Gasteiger partial charge in [-0.1, -0.05) is 65.8 Å². The van der Waals surface area contributed by atoms with Crippen molar-refractivity contribution in [1.29, 1.82) is 0 Å². The topological polar surface area (TPSA) is 59.3 Å². The first kappa shape index (κ1) is 23.1. The fourth-order valence-corrected chi connectivity index (χ4v) is 4.50. The lowest BCUT2D eigenvalue weighted by Crippen LogP contribution is -2.20. The average molecular weight is 491 g/mol. The molecule has 10 heteroatoms. The molecule has 1 N–H and O–H groups in total. The smallest absolute Gasteiger partial charge is 0.325 e. The first-order valence-corrected chi connectivity index (χ1v) is 11.1. The largest absolute Gasteiger partial charge is 0.417 e. The number of hydrogen-bond acceptors (Lipinski definition) is 4. The van der Waals surface area contributed by atoms with Crippen LogP contribution in [-0.2, 0) is 11.0 Å². The maximum Gasteiger partial charge on any atom is 0.417 e. The monoisotopic (exact) mass is 490 g/mol. The van der Waals surface area contributed by atoms with Crippen LogP contribution in [0.3, 0.4) is 0 Å². The molecule has 0 aliphatic rings. The second-order valence-electron chi connectivity index (χ2n) is 7.47. The molecule has 4 rings (SSSR count). The molecular formula is C23H18ClF3N4OS. The Balaban J connectivity index is 1.74. The van der Waals surface area contributed by atoms with Crippen LogP contribution in [0, 0.1) is 13.8 Å². The van der Waals surface area contributed by atoms with Gasteiger partial charge in [0.2, 0.25) is 5.91 Å². The summed E-state index contributed by atoms with van der Waals surface area (Å²) in [7, 11) is 0. The van der Waals surface area contributed by atoms with Crippen molar-refractivity contribution in [2.45, 2.75) is 30.4 Å². The fourth-order valence-electron chi connectivity index (χ4n) is 3.24. The van der Waals surface area contributed by atoms with E-state index in [-0.39, 0.29) is 21.7 Å². The minimum atomic E-state index is -4.59. The van der Waals surface area contributed by atoms with Crippen molar-refractivity contribution in [3.63, 3.8) is 0 Å². The maximum atomic E-state index is 13.3. The molecule has 0 aliphatic carbocycles. The summed E-state index contributed by atoms with van der Waals surface area (Å²) >= 11 is 7.02. The summed E-state index contributed by atoms with van der Waals surface area (Å²) in [6, 6.07) is 15.5. The highest BCUT2D eigenvalue weighted by molar-refractivity contribution is 8.00. The minimum Gasteiger partial charge on any atom is -0.325 e. The molecule has 0 spiro atoms. The highest BCUT2D eigenvalue weighted by Crippen LogP contribution is 2.38. The molecule has 0 bridgehead atoms. The quantitative estimate of drug-likeness (QED) is 0.325. The molecule has 2 aromatic carbocycles. The molecule has 0 aliphatic heterocycles. The molecule has 1 atom stereocenters. The summed E-state index contributed by atoms with van der Waals surface area (Å²) in [6.07, 6.45) is -3.71. The number of alkyl halides is 3. The van der Waals surface area contributed by atoms with Crippen molar-refractivity contribution in [3.05, 3.63) is 88.1 Å². The number of nitrogens with zero attached hydrogens (tertiary/aromatic N) is 3. The standard InChI is InChI=1S/C23H18ClF3N4OS/c1-13-8-9-14(2)18(10-13)28-21(32)19(15-6-4-3-5-7-15)33-22-30-29-20-17(24)11-16(12-31(20)22)23(25,26)27/h3-12,19H,1-2H3,(H,28,32). The Hall–Kier alpha value is -3.04. The van der Waals surface area contributed by atoms with E-state index < -0.39 is 17.0 Å². The zero-order chi connectivity index (χ0) is 23.8. The molecule has 0 radical (unpaired) electrons. The van der Waals surface area contributed by atoms with Gasteiger partial charge in [-0.15, -0.1) is 10.2 Å². The number of halogens is 4. The van der Waals surface area contributed by atoms with E-state index >= 15 is 0 Å². The predicted octanol–water partition coefficient (Wildman–Crippen LogP) is 6.49. The van der Waals surface area contributed by atoms with E-state index in [1.807, 2.05) is 38.1 Å². The zero-order valence-electron chi connectivity index (χ0n) is 17.5. The Bertz CT molecular complexity index is 1320. The molecule has 1 unspecified atom stereocenters. The normalized spacial score (nSPS) is 12.7. The number of aromatic nitrogens is 3. The fraction of sp³-hybridized carbons (Fsp3) is 0.174. The third kappa shape index (κ3) is 4.99. The van der Waals surface area contributed by atoms with Crippen molar-refractivity contribution < 1.29 is 18.0 Å². The number of hydrogen-bond donors (Lipinski definition) is 1. The van der Waals surface area contributed by atoms with Crippen molar-refractivity contribution in [3.8, 4) is 0 Å². The number of anilines is 1. The van der Waals surface area contributed by atoms with Crippen LogP contribution in [0.5, 0.6) is 0 Å². The van der Waals surface area contributed by atoms with Gasteiger partial charge >= 0.3 is 6.18 Å². The van der Waals surface area contributed by atoms with Gasteiger partial charge in [0, 0.05) is 11.9 Å².